The Morgan fingerprint density at radius 3 is 1.25 bits per heavy atom. The first-order valence-corrected chi connectivity index (χ1v) is 6.87. The van der Waals surface area contributed by atoms with Gasteiger partial charge < -0.3 is 29.3 Å². The van der Waals surface area contributed by atoms with E-state index in [1.807, 2.05) is 0 Å². The normalized spacial score (nSPS) is 11.9. The van der Waals surface area contributed by atoms with Gasteiger partial charge in [-0.1, -0.05) is 0 Å². The maximum atomic E-state index is 12.3. The second-order valence-electron chi connectivity index (χ2n) is 5.58. The van der Waals surface area contributed by atoms with Crippen LogP contribution in [0.1, 0.15) is 11.1 Å². The number of phenolic OH excluding ortho intramolecular Hbond substituents is 4. The fourth-order valence-electron chi connectivity index (χ4n) is 3.12. The zero-order chi connectivity index (χ0) is 17.5. The Labute approximate surface area is 131 Å². The number of aromatic hydroxyl groups is 4. The van der Waals surface area contributed by atoms with E-state index in [4.69, 9.17) is 8.83 Å². The van der Waals surface area contributed by atoms with Gasteiger partial charge in [0.2, 0.25) is 11.5 Å². The maximum absolute atomic E-state index is 12.3. The van der Waals surface area contributed by atoms with Crippen LogP contribution in [0.5, 0.6) is 23.0 Å². The second kappa shape index (κ2) is 4.10. The number of rotatable bonds is 0. The van der Waals surface area contributed by atoms with Crippen molar-refractivity contribution in [2.75, 3.05) is 0 Å². The van der Waals surface area contributed by atoms with Crippen molar-refractivity contribution in [2.24, 2.45) is 0 Å². The summed E-state index contributed by atoms with van der Waals surface area (Å²) in [6.45, 7) is 2.78. The number of hydrogen-bond donors (Lipinski definition) is 4. The van der Waals surface area contributed by atoms with E-state index in [9.17, 15) is 30.0 Å². The average Bonchev–Trinajstić information content (AvgIpc) is 2.54. The van der Waals surface area contributed by atoms with Gasteiger partial charge in [-0.3, -0.25) is 0 Å². The van der Waals surface area contributed by atoms with Gasteiger partial charge in [0.05, 0.1) is 10.8 Å². The predicted octanol–water partition coefficient (Wildman–Crippen LogP) is 1.93. The van der Waals surface area contributed by atoms with Gasteiger partial charge in [-0.05, 0) is 13.8 Å². The van der Waals surface area contributed by atoms with Crippen LogP contribution in [0.4, 0.5) is 0 Å². The summed E-state index contributed by atoms with van der Waals surface area (Å²) in [7, 11) is 0. The second-order valence-corrected chi connectivity index (χ2v) is 5.58. The lowest BCUT2D eigenvalue weighted by Crippen LogP contribution is -2.09. The highest BCUT2D eigenvalue weighted by molar-refractivity contribution is 6.23. The molecule has 0 fully saturated rings. The summed E-state index contributed by atoms with van der Waals surface area (Å²) in [5.74, 6) is -2.62. The van der Waals surface area contributed by atoms with E-state index in [2.05, 4.69) is 0 Å². The molecule has 0 atom stereocenters. The molecule has 8 nitrogen and oxygen atoms in total. The van der Waals surface area contributed by atoms with Crippen LogP contribution in [0.3, 0.4) is 0 Å². The van der Waals surface area contributed by atoms with Crippen molar-refractivity contribution in [3.05, 3.63) is 32.0 Å². The van der Waals surface area contributed by atoms with Gasteiger partial charge in [0, 0.05) is 21.9 Å². The van der Waals surface area contributed by atoms with Crippen molar-refractivity contribution in [3.63, 3.8) is 0 Å². The zero-order valence-electron chi connectivity index (χ0n) is 12.4. The van der Waals surface area contributed by atoms with E-state index in [1.165, 1.54) is 13.8 Å². The monoisotopic (exact) mass is 330 g/mol. The fourth-order valence-corrected chi connectivity index (χ4v) is 3.12. The minimum atomic E-state index is -0.922. The minimum absolute atomic E-state index is 0.0297. The molecule has 0 unspecified atom stereocenters. The predicted molar refractivity (Wildman–Crippen MR) is 83.4 cm³/mol. The molecule has 4 rings (SSSR count). The molecule has 122 valence electrons. The summed E-state index contributed by atoms with van der Waals surface area (Å²) in [5.41, 5.74) is -2.56. The van der Waals surface area contributed by atoms with Gasteiger partial charge >= 0.3 is 11.3 Å². The summed E-state index contributed by atoms with van der Waals surface area (Å²) in [6, 6.07) is 0. The summed E-state index contributed by atoms with van der Waals surface area (Å²) >= 11 is 0. The van der Waals surface area contributed by atoms with Crippen molar-refractivity contribution >= 4 is 32.7 Å². The van der Waals surface area contributed by atoms with Crippen LogP contribution in [0.2, 0.25) is 0 Å². The lowest BCUT2D eigenvalue weighted by Gasteiger charge is -2.14. The number of hydrogen-bond acceptors (Lipinski definition) is 8. The molecule has 0 saturated heterocycles. The molecule has 0 bridgehead atoms. The Morgan fingerprint density at radius 2 is 0.917 bits per heavy atom. The lowest BCUT2D eigenvalue weighted by molar-refractivity contribution is 0.392. The molecule has 2 aromatic carbocycles. The highest BCUT2D eigenvalue weighted by Crippen LogP contribution is 2.47. The standard InChI is InChI=1S/C16H10O8/c1-3-5-7-8-6(16(22)24-13(7)11(19)9(3)17)4(2)10(18)12(20)14(8)23-15(5)21/h17-20H,1-2H3. The van der Waals surface area contributed by atoms with Crippen molar-refractivity contribution in [2.45, 2.75) is 13.8 Å². The molecule has 0 aliphatic rings. The average molecular weight is 330 g/mol. The van der Waals surface area contributed by atoms with E-state index in [-0.39, 0.29) is 32.7 Å². The highest BCUT2D eigenvalue weighted by Gasteiger charge is 2.28. The number of benzene rings is 2. The van der Waals surface area contributed by atoms with E-state index in [1.54, 1.807) is 0 Å². The van der Waals surface area contributed by atoms with Gasteiger partial charge in [-0.2, -0.15) is 0 Å². The fraction of sp³-hybridized carbons (Fsp3) is 0.125. The Hall–Kier alpha value is -3.42. The Bertz CT molecular complexity index is 1190. The highest BCUT2D eigenvalue weighted by atomic mass is 16.4. The molecular weight excluding hydrogens is 320 g/mol. The number of aryl methyl sites for hydroxylation is 2. The lowest BCUT2D eigenvalue weighted by atomic mass is 9.96. The molecule has 2 heterocycles. The van der Waals surface area contributed by atoms with Crippen molar-refractivity contribution in [1.82, 2.24) is 0 Å². The molecule has 2 aromatic heterocycles. The first-order chi connectivity index (χ1) is 11.3. The first-order valence-electron chi connectivity index (χ1n) is 6.87. The van der Waals surface area contributed by atoms with Crippen LogP contribution in [-0.2, 0) is 0 Å². The molecule has 4 N–H and O–H groups in total. The molecule has 8 heteroatoms. The molecule has 0 radical (unpaired) electrons. The van der Waals surface area contributed by atoms with Crippen molar-refractivity contribution in [3.8, 4) is 23.0 Å². The largest absolute Gasteiger partial charge is 0.504 e. The molecule has 0 aliphatic heterocycles. The maximum Gasteiger partial charge on any atom is 0.344 e. The van der Waals surface area contributed by atoms with Crippen LogP contribution in [0.25, 0.3) is 32.7 Å². The van der Waals surface area contributed by atoms with E-state index in [0.717, 1.165) is 0 Å². The Morgan fingerprint density at radius 1 is 0.583 bits per heavy atom. The van der Waals surface area contributed by atoms with Crippen LogP contribution in [0.15, 0.2) is 18.4 Å². The third-order valence-corrected chi connectivity index (χ3v) is 4.34. The van der Waals surface area contributed by atoms with Crippen LogP contribution in [-0.4, -0.2) is 20.4 Å². The Kier molecular flexibility index (Phi) is 2.43. The van der Waals surface area contributed by atoms with Crippen molar-refractivity contribution in [1.29, 1.82) is 0 Å². The third-order valence-electron chi connectivity index (χ3n) is 4.34. The summed E-state index contributed by atoms with van der Waals surface area (Å²) in [6.07, 6.45) is 0. The van der Waals surface area contributed by atoms with Gasteiger partial charge in [0.25, 0.3) is 0 Å². The van der Waals surface area contributed by atoms with Crippen molar-refractivity contribution < 1.29 is 29.3 Å². The summed E-state index contributed by atoms with van der Waals surface area (Å²) < 4.78 is 10.1. The first kappa shape index (κ1) is 14.2. The molecule has 24 heavy (non-hydrogen) atoms. The van der Waals surface area contributed by atoms with Crippen LogP contribution in [0, 0.1) is 13.8 Å². The van der Waals surface area contributed by atoms with Crippen LogP contribution < -0.4 is 11.3 Å². The van der Waals surface area contributed by atoms with Gasteiger partial charge in [-0.15, -0.1) is 0 Å². The summed E-state index contributed by atoms with van der Waals surface area (Å²) in [5, 5.41) is 40.0. The van der Waals surface area contributed by atoms with Gasteiger partial charge in [0.1, 0.15) is 0 Å². The molecule has 0 aliphatic carbocycles. The molecule has 0 amide bonds. The minimum Gasteiger partial charge on any atom is -0.504 e. The Balaban J connectivity index is 2.60. The quantitative estimate of drug-likeness (QED) is 0.218. The SMILES string of the molecule is Cc1c(O)c(O)c2oc(=O)c3c(C)c(O)c(O)c4oc(=O)c1c2c43. The molecule has 4 aromatic rings. The third kappa shape index (κ3) is 1.38. The molecule has 0 saturated carbocycles. The summed E-state index contributed by atoms with van der Waals surface area (Å²) in [4.78, 5) is 24.6. The van der Waals surface area contributed by atoms with Gasteiger partial charge in [0.15, 0.2) is 22.7 Å². The van der Waals surface area contributed by atoms with E-state index >= 15 is 0 Å². The zero-order valence-corrected chi connectivity index (χ0v) is 12.4. The molecule has 0 spiro atoms. The number of phenols is 4. The molecular formula is C16H10O8. The van der Waals surface area contributed by atoms with E-state index in [0.29, 0.717) is 0 Å². The topological polar surface area (TPSA) is 141 Å². The van der Waals surface area contributed by atoms with Gasteiger partial charge in [-0.25, -0.2) is 9.59 Å². The smallest absolute Gasteiger partial charge is 0.344 e. The van der Waals surface area contributed by atoms with E-state index < -0.39 is 45.4 Å². The van der Waals surface area contributed by atoms with Crippen LogP contribution >= 0.6 is 0 Å².